The van der Waals surface area contributed by atoms with Crippen LogP contribution in [0, 0.1) is 5.92 Å². The van der Waals surface area contributed by atoms with Gasteiger partial charge in [-0.2, -0.15) is 0 Å². The molecule has 0 aliphatic carbocycles. The monoisotopic (exact) mass is 276 g/mol. The summed E-state index contributed by atoms with van der Waals surface area (Å²) >= 11 is 0. The molecule has 2 aliphatic heterocycles. The highest BCUT2D eigenvalue weighted by Crippen LogP contribution is 2.32. The number of nitrogens with zero attached hydrogens (tertiary/aromatic N) is 1. The van der Waals surface area contributed by atoms with Crippen molar-refractivity contribution in [1.29, 1.82) is 0 Å². The van der Waals surface area contributed by atoms with E-state index in [1.165, 1.54) is 0 Å². The van der Waals surface area contributed by atoms with Gasteiger partial charge in [0, 0.05) is 25.6 Å². The van der Waals surface area contributed by atoms with Crippen molar-refractivity contribution in [2.45, 2.75) is 18.6 Å². The molecule has 2 atom stereocenters. The van der Waals surface area contributed by atoms with E-state index in [-0.39, 0.29) is 6.09 Å². The number of ether oxygens (including phenoxy) is 2. The molecule has 108 valence electrons. The third-order valence-corrected chi connectivity index (χ3v) is 4.18. The number of carbonyl (C=O) groups is 1. The Bertz CT molecular complexity index is 479. The van der Waals surface area contributed by atoms with Gasteiger partial charge in [-0.05, 0) is 12.0 Å². The fourth-order valence-corrected chi connectivity index (χ4v) is 2.98. The van der Waals surface area contributed by atoms with E-state index in [1.807, 2.05) is 30.3 Å². The molecule has 20 heavy (non-hydrogen) atoms. The molecule has 0 radical (unpaired) electrons. The Balaban J connectivity index is 1.56. The van der Waals surface area contributed by atoms with Gasteiger partial charge in [-0.15, -0.1) is 0 Å². The number of likely N-dealkylation sites (tertiary alicyclic amines) is 1. The van der Waals surface area contributed by atoms with E-state index >= 15 is 0 Å². The van der Waals surface area contributed by atoms with Gasteiger partial charge in [0.25, 0.3) is 0 Å². The summed E-state index contributed by atoms with van der Waals surface area (Å²) in [7, 11) is 0. The van der Waals surface area contributed by atoms with Gasteiger partial charge in [0.15, 0.2) is 0 Å². The molecule has 0 bridgehead atoms. The molecule has 2 heterocycles. The van der Waals surface area contributed by atoms with Gasteiger partial charge in [-0.1, -0.05) is 30.3 Å². The van der Waals surface area contributed by atoms with Crippen molar-refractivity contribution in [1.82, 2.24) is 4.90 Å². The van der Waals surface area contributed by atoms with Gasteiger partial charge in [-0.3, -0.25) is 0 Å². The molecule has 0 saturated carbocycles. The second-order valence-corrected chi connectivity index (χ2v) is 5.69. The van der Waals surface area contributed by atoms with Crippen molar-refractivity contribution in [3.05, 3.63) is 35.9 Å². The first kappa shape index (κ1) is 13.4. The molecule has 1 aromatic carbocycles. The number of rotatable bonds is 2. The van der Waals surface area contributed by atoms with E-state index in [1.54, 1.807) is 4.90 Å². The summed E-state index contributed by atoms with van der Waals surface area (Å²) in [5, 5.41) is 0. The third-order valence-electron chi connectivity index (χ3n) is 4.18. The zero-order valence-corrected chi connectivity index (χ0v) is 11.5. The van der Waals surface area contributed by atoms with Crippen LogP contribution < -0.4 is 5.73 Å². The minimum Gasteiger partial charge on any atom is -0.445 e. The highest BCUT2D eigenvalue weighted by molar-refractivity contribution is 5.68. The lowest BCUT2D eigenvalue weighted by molar-refractivity contribution is 0.0197. The number of fused-ring (bicyclic) bond motifs is 1. The Kier molecular flexibility index (Phi) is 3.63. The lowest BCUT2D eigenvalue weighted by atomic mass is 9.85. The van der Waals surface area contributed by atoms with E-state index in [2.05, 4.69) is 0 Å². The van der Waals surface area contributed by atoms with Crippen molar-refractivity contribution >= 4 is 6.09 Å². The Morgan fingerprint density at radius 3 is 3.00 bits per heavy atom. The Morgan fingerprint density at radius 1 is 1.45 bits per heavy atom. The molecule has 1 aromatic rings. The first-order valence-corrected chi connectivity index (χ1v) is 7.00. The molecule has 0 unspecified atom stereocenters. The Morgan fingerprint density at radius 2 is 2.25 bits per heavy atom. The Labute approximate surface area is 118 Å². The second kappa shape index (κ2) is 5.42. The molecule has 3 rings (SSSR count). The van der Waals surface area contributed by atoms with E-state index in [0.717, 1.165) is 18.6 Å². The van der Waals surface area contributed by atoms with Gasteiger partial charge < -0.3 is 20.1 Å². The van der Waals surface area contributed by atoms with Gasteiger partial charge in [0.2, 0.25) is 0 Å². The SMILES string of the molecule is N[C@@]12COCC[C@@H]1CN(C(=O)OCc1ccccc1)C2. The first-order chi connectivity index (χ1) is 9.67. The van der Waals surface area contributed by atoms with E-state index < -0.39 is 5.54 Å². The lowest BCUT2D eigenvalue weighted by Crippen LogP contribution is -2.54. The zero-order valence-electron chi connectivity index (χ0n) is 11.5. The third kappa shape index (κ3) is 2.64. The van der Waals surface area contributed by atoms with Crippen molar-refractivity contribution in [3.63, 3.8) is 0 Å². The summed E-state index contributed by atoms with van der Waals surface area (Å²) in [4.78, 5) is 13.8. The quantitative estimate of drug-likeness (QED) is 0.886. The lowest BCUT2D eigenvalue weighted by Gasteiger charge is -2.34. The minimum atomic E-state index is -0.399. The molecule has 2 fully saturated rings. The molecule has 1 amide bonds. The Hall–Kier alpha value is -1.59. The predicted octanol–water partition coefficient (Wildman–Crippen LogP) is 1.37. The van der Waals surface area contributed by atoms with Crippen LogP contribution in [0.3, 0.4) is 0 Å². The normalized spacial score (nSPS) is 29.1. The van der Waals surface area contributed by atoms with Crippen LogP contribution in [-0.4, -0.2) is 42.8 Å². The highest BCUT2D eigenvalue weighted by Gasteiger charge is 2.47. The molecule has 2 N–H and O–H groups in total. The average molecular weight is 276 g/mol. The smallest absolute Gasteiger partial charge is 0.410 e. The van der Waals surface area contributed by atoms with Crippen molar-refractivity contribution in [2.24, 2.45) is 11.7 Å². The molecule has 5 heteroatoms. The van der Waals surface area contributed by atoms with Crippen LogP contribution in [0.4, 0.5) is 4.79 Å². The fraction of sp³-hybridized carbons (Fsp3) is 0.533. The van der Waals surface area contributed by atoms with Crippen LogP contribution in [0.1, 0.15) is 12.0 Å². The summed E-state index contributed by atoms with van der Waals surface area (Å²) < 4.78 is 10.8. The van der Waals surface area contributed by atoms with Gasteiger partial charge >= 0.3 is 6.09 Å². The van der Waals surface area contributed by atoms with Crippen molar-refractivity contribution in [2.75, 3.05) is 26.3 Å². The molecule has 5 nitrogen and oxygen atoms in total. The van der Waals surface area contributed by atoms with Crippen LogP contribution in [0.5, 0.6) is 0 Å². The number of hydrogen-bond donors (Lipinski definition) is 1. The standard InChI is InChI=1S/C15H20N2O3/c16-15-10-17(8-13(15)6-7-19-11-15)14(18)20-9-12-4-2-1-3-5-12/h1-5,13H,6-11,16H2/t13-,15+/m1/s1. The second-order valence-electron chi connectivity index (χ2n) is 5.69. The number of nitrogens with two attached hydrogens (primary N) is 1. The van der Waals surface area contributed by atoms with Crippen LogP contribution in [0.2, 0.25) is 0 Å². The summed E-state index contributed by atoms with van der Waals surface area (Å²) in [6, 6.07) is 9.68. The van der Waals surface area contributed by atoms with Crippen LogP contribution >= 0.6 is 0 Å². The van der Waals surface area contributed by atoms with Gasteiger partial charge in [-0.25, -0.2) is 4.79 Å². The largest absolute Gasteiger partial charge is 0.445 e. The maximum Gasteiger partial charge on any atom is 0.410 e. The van der Waals surface area contributed by atoms with E-state index in [0.29, 0.717) is 32.2 Å². The summed E-state index contributed by atoms with van der Waals surface area (Å²) in [6.07, 6.45) is 0.631. The summed E-state index contributed by atoms with van der Waals surface area (Å²) in [6.45, 7) is 2.75. The predicted molar refractivity (Wildman–Crippen MR) is 74.0 cm³/mol. The van der Waals surface area contributed by atoms with Gasteiger partial charge in [0.05, 0.1) is 12.1 Å². The van der Waals surface area contributed by atoms with Crippen LogP contribution in [0.15, 0.2) is 30.3 Å². The van der Waals surface area contributed by atoms with Crippen LogP contribution in [-0.2, 0) is 16.1 Å². The minimum absolute atomic E-state index is 0.284. The maximum atomic E-state index is 12.1. The number of carbonyl (C=O) groups excluding carboxylic acids is 1. The number of benzene rings is 1. The molecular weight excluding hydrogens is 256 g/mol. The van der Waals surface area contributed by atoms with Crippen molar-refractivity contribution in [3.8, 4) is 0 Å². The number of amides is 1. The average Bonchev–Trinajstić information content (AvgIpc) is 2.83. The maximum absolute atomic E-state index is 12.1. The highest BCUT2D eigenvalue weighted by atomic mass is 16.6. The van der Waals surface area contributed by atoms with Crippen molar-refractivity contribution < 1.29 is 14.3 Å². The zero-order chi connectivity index (χ0) is 14.0. The summed E-state index contributed by atoms with van der Waals surface area (Å²) in [5.41, 5.74) is 6.92. The summed E-state index contributed by atoms with van der Waals surface area (Å²) in [5.74, 6) is 0.320. The van der Waals surface area contributed by atoms with E-state index in [4.69, 9.17) is 15.2 Å². The molecular formula is C15H20N2O3. The van der Waals surface area contributed by atoms with E-state index in [9.17, 15) is 4.79 Å². The number of hydrogen-bond acceptors (Lipinski definition) is 4. The first-order valence-electron chi connectivity index (χ1n) is 7.00. The topological polar surface area (TPSA) is 64.8 Å². The fourth-order valence-electron chi connectivity index (χ4n) is 2.98. The molecule has 2 saturated heterocycles. The molecule has 0 aromatic heterocycles. The molecule has 0 spiro atoms. The molecule has 2 aliphatic rings. The van der Waals surface area contributed by atoms with Crippen LogP contribution in [0.25, 0.3) is 0 Å². The van der Waals surface area contributed by atoms with Gasteiger partial charge in [0.1, 0.15) is 6.61 Å².